The maximum absolute atomic E-state index is 5.64. The van der Waals surface area contributed by atoms with Gasteiger partial charge in [0.15, 0.2) is 0 Å². The van der Waals surface area contributed by atoms with Gasteiger partial charge in [0.25, 0.3) is 0 Å². The zero-order chi connectivity index (χ0) is 17.9. The molecule has 0 spiro atoms. The number of pyridine rings is 1. The molecule has 4 heterocycles. The minimum Gasteiger partial charge on any atom is -0.378 e. The molecule has 0 aromatic carbocycles. The van der Waals surface area contributed by atoms with Crippen molar-refractivity contribution in [2.75, 3.05) is 44.3 Å². The average Bonchev–Trinajstić information content (AvgIpc) is 3.31. The number of anilines is 1. The van der Waals surface area contributed by atoms with E-state index in [0.717, 1.165) is 63.1 Å². The summed E-state index contributed by atoms with van der Waals surface area (Å²) in [5, 5.41) is 4.25. The molecule has 0 aliphatic carbocycles. The van der Waals surface area contributed by atoms with Gasteiger partial charge in [-0.25, -0.2) is 4.98 Å². The van der Waals surface area contributed by atoms with Gasteiger partial charge >= 0.3 is 0 Å². The number of hydrogen-bond acceptors (Lipinski definition) is 7. The second-order valence-corrected chi connectivity index (χ2v) is 7.51. The minimum absolute atomic E-state index is 0.249. The minimum atomic E-state index is 0.249. The zero-order valence-corrected chi connectivity index (χ0v) is 15.6. The van der Waals surface area contributed by atoms with E-state index in [1.54, 1.807) is 0 Å². The normalized spacial score (nSPS) is 21.7. The SMILES string of the molecule is CC(C)CN1CCC[C@H]1c1nc(-c2ccnc(N3CCOCC3)c2)no1. The van der Waals surface area contributed by atoms with Gasteiger partial charge < -0.3 is 14.2 Å². The molecule has 1 atom stereocenters. The standard InChI is InChI=1S/C19H27N5O2/c1-14(2)13-24-7-3-4-16(24)19-21-18(22-26-19)15-5-6-20-17(12-15)23-8-10-25-11-9-23/h5-6,12,14,16H,3-4,7-11,13H2,1-2H3/t16-/m0/s1. The number of likely N-dealkylation sites (tertiary alicyclic amines) is 1. The summed E-state index contributed by atoms with van der Waals surface area (Å²) in [4.78, 5) is 13.9. The van der Waals surface area contributed by atoms with Gasteiger partial charge in [-0.15, -0.1) is 0 Å². The fraction of sp³-hybridized carbons (Fsp3) is 0.632. The van der Waals surface area contributed by atoms with Crippen molar-refractivity contribution < 1.29 is 9.26 Å². The smallest absolute Gasteiger partial charge is 0.244 e. The lowest BCUT2D eigenvalue weighted by Crippen LogP contribution is -2.36. The largest absolute Gasteiger partial charge is 0.378 e. The Labute approximate surface area is 154 Å². The van der Waals surface area contributed by atoms with Gasteiger partial charge in [-0.3, -0.25) is 4.90 Å². The Hall–Kier alpha value is -1.99. The summed E-state index contributed by atoms with van der Waals surface area (Å²) in [5.41, 5.74) is 0.949. The molecule has 2 aromatic rings. The van der Waals surface area contributed by atoms with Crippen molar-refractivity contribution in [2.45, 2.75) is 32.7 Å². The van der Waals surface area contributed by atoms with Crippen molar-refractivity contribution in [3.63, 3.8) is 0 Å². The third kappa shape index (κ3) is 3.73. The number of morpholine rings is 1. The van der Waals surface area contributed by atoms with Crippen LogP contribution in [0.4, 0.5) is 5.82 Å². The molecule has 140 valence electrons. The molecule has 0 unspecified atom stereocenters. The van der Waals surface area contributed by atoms with Crippen molar-refractivity contribution in [3.8, 4) is 11.4 Å². The van der Waals surface area contributed by atoms with E-state index in [9.17, 15) is 0 Å². The number of nitrogens with zero attached hydrogens (tertiary/aromatic N) is 5. The summed E-state index contributed by atoms with van der Waals surface area (Å²) in [5.74, 6) is 2.96. The Balaban J connectivity index is 1.52. The summed E-state index contributed by atoms with van der Waals surface area (Å²) in [6, 6.07) is 4.23. The molecule has 0 N–H and O–H groups in total. The van der Waals surface area contributed by atoms with Gasteiger partial charge in [0.05, 0.1) is 19.3 Å². The highest BCUT2D eigenvalue weighted by Gasteiger charge is 2.31. The van der Waals surface area contributed by atoms with E-state index in [1.807, 2.05) is 18.3 Å². The number of hydrogen-bond donors (Lipinski definition) is 0. The molecule has 26 heavy (non-hydrogen) atoms. The summed E-state index contributed by atoms with van der Waals surface area (Å²) in [6.45, 7) is 9.88. The molecule has 2 aromatic heterocycles. The first-order valence-electron chi connectivity index (χ1n) is 9.57. The first-order chi connectivity index (χ1) is 12.7. The lowest BCUT2D eigenvalue weighted by atomic mass is 10.1. The third-order valence-electron chi connectivity index (χ3n) is 5.03. The second kappa shape index (κ2) is 7.72. The highest BCUT2D eigenvalue weighted by Crippen LogP contribution is 2.32. The summed E-state index contributed by atoms with van der Waals surface area (Å²) >= 11 is 0. The van der Waals surface area contributed by atoms with E-state index in [4.69, 9.17) is 14.2 Å². The first-order valence-corrected chi connectivity index (χ1v) is 9.57. The lowest BCUT2D eigenvalue weighted by molar-refractivity contribution is 0.122. The van der Waals surface area contributed by atoms with Crippen molar-refractivity contribution in [2.24, 2.45) is 5.92 Å². The number of ether oxygens (including phenoxy) is 1. The molecule has 2 aliphatic rings. The topological polar surface area (TPSA) is 67.5 Å². The highest BCUT2D eigenvalue weighted by atomic mass is 16.5. The van der Waals surface area contributed by atoms with Gasteiger partial charge in [0.2, 0.25) is 11.7 Å². The van der Waals surface area contributed by atoms with Crippen LogP contribution in [-0.4, -0.2) is 59.4 Å². The molecular formula is C19H27N5O2. The highest BCUT2D eigenvalue weighted by molar-refractivity contribution is 5.59. The van der Waals surface area contributed by atoms with Gasteiger partial charge in [0.1, 0.15) is 5.82 Å². The maximum atomic E-state index is 5.64. The Kier molecular flexibility index (Phi) is 5.17. The molecule has 7 heteroatoms. The van der Waals surface area contributed by atoms with Crippen LogP contribution in [0.5, 0.6) is 0 Å². The van der Waals surface area contributed by atoms with Crippen LogP contribution >= 0.6 is 0 Å². The zero-order valence-electron chi connectivity index (χ0n) is 15.6. The van der Waals surface area contributed by atoms with Gasteiger partial charge in [-0.1, -0.05) is 19.0 Å². The van der Waals surface area contributed by atoms with Crippen molar-refractivity contribution in [1.82, 2.24) is 20.0 Å². The fourth-order valence-corrected chi connectivity index (χ4v) is 3.80. The first kappa shape index (κ1) is 17.4. The van der Waals surface area contributed by atoms with E-state index in [1.165, 1.54) is 6.42 Å². The van der Waals surface area contributed by atoms with Crippen molar-refractivity contribution in [1.29, 1.82) is 0 Å². The van der Waals surface area contributed by atoms with Crippen LogP contribution in [0, 0.1) is 5.92 Å². The van der Waals surface area contributed by atoms with Gasteiger partial charge in [-0.2, -0.15) is 4.98 Å². The summed E-state index contributed by atoms with van der Waals surface area (Å²) in [6.07, 6.45) is 4.09. The van der Waals surface area contributed by atoms with Crippen LogP contribution in [0.1, 0.15) is 38.6 Å². The predicted molar refractivity (Wildman–Crippen MR) is 98.9 cm³/mol. The lowest BCUT2D eigenvalue weighted by Gasteiger charge is -2.27. The molecule has 0 amide bonds. The Morgan fingerprint density at radius 1 is 1.23 bits per heavy atom. The molecule has 0 bridgehead atoms. The molecule has 0 saturated carbocycles. The fourth-order valence-electron chi connectivity index (χ4n) is 3.80. The van der Waals surface area contributed by atoms with Crippen LogP contribution < -0.4 is 4.90 Å². The van der Waals surface area contributed by atoms with Crippen LogP contribution in [0.25, 0.3) is 11.4 Å². The maximum Gasteiger partial charge on any atom is 0.244 e. The van der Waals surface area contributed by atoms with E-state index in [-0.39, 0.29) is 6.04 Å². The van der Waals surface area contributed by atoms with Crippen LogP contribution in [-0.2, 0) is 4.74 Å². The van der Waals surface area contributed by atoms with E-state index < -0.39 is 0 Å². The van der Waals surface area contributed by atoms with Crippen LogP contribution in [0.3, 0.4) is 0 Å². The number of aromatic nitrogens is 3. The molecule has 0 radical (unpaired) electrons. The van der Waals surface area contributed by atoms with Crippen molar-refractivity contribution in [3.05, 3.63) is 24.2 Å². The van der Waals surface area contributed by atoms with Crippen LogP contribution in [0.2, 0.25) is 0 Å². The average molecular weight is 357 g/mol. The Bertz CT molecular complexity index is 726. The van der Waals surface area contributed by atoms with Gasteiger partial charge in [-0.05, 0) is 37.4 Å². The van der Waals surface area contributed by atoms with Gasteiger partial charge in [0, 0.05) is 31.4 Å². The van der Waals surface area contributed by atoms with E-state index in [0.29, 0.717) is 11.7 Å². The van der Waals surface area contributed by atoms with Crippen LogP contribution in [0.15, 0.2) is 22.9 Å². The third-order valence-corrected chi connectivity index (χ3v) is 5.03. The molecular weight excluding hydrogens is 330 g/mol. The molecule has 2 aliphatic heterocycles. The summed E-state index contributed by atoms with van der Waals surface area (Å²) in [7, 11) is 0. The predicted octanol–water partition coefficient (Wildman–Crippen LogP) is 2.76. The Morgan fingerprint density at radius 2 is 2.08 bits per heavy atom. The monoisotopic (exact) mass is 357 g/mol. The quantitative estimate of drug-likeness (QED) is 0.815. The van der Waals surface area contributed by atoms with E-state index in [2.05, 4.69) is 33.8 Å². The Morgan fingerprint density at radius 3 is 2.88 bits per heavy atom. The molecule has 7 nitrogen and oxygen atoms in total. The molecule has 4 rings (SSSR count). The molecule has 2 fully saturated rings. The van der Waals surface area contributed by atoms with Crippen molar-refractivity contribution >= 4 is 5.82 Å². The molecule has 2 saturated heterocycles. The summed E-state index contributed by atoms with van der Waals surface area (Å²) < 4.78 is 11.1. The second-order valence-electron chi connectivity index (χ2n) is 7.51. The number of rotatable bonds is 5. The van der Waals surface area contributed by atoms with E-state index >= 15 is 0 Å².